The molecule has 0 saturated carbocycles. The minimum Gasteiger partial charge on any atom is -0.473 e. The predicted octanol–water partition coefficient (Wildman–Crippen LogP) is 9.06. The van der Waals surface area contributed by atoms with E-state index in [1.807, 2.05) is 55.0 Å². The summed E-state index contributed by atoms with van der Waals surface area (Å²) in [4.78, 5) is 26.5. The van der Waals surface area contributed by atoms with Crippen LogP contribution in [-0.4, -0.2) is 56.5 Å². The average molecular weight is 642 g/mol. The van der Waals surface area contributed by atoms with Gasteiger partial charge in [0.15, 0.2) is 12.7 Å². The molecule has 14 heteroatoms. The van der Waals surface area contributed by atoms with E-state index in [4.69, 9.17) is 0 Å². The zero-order valence-electron chi connectivity index (χ0n) is 21.5. The molecule has 0 aromatic carbocycles. The van der Waals surface area contributed by atoms with E-state index >= 15 is 0 Å². The number of aromatic nitrogens is 10. The number of aromatic amines is 4. The maximum atomic E-state index is 4.58. The van der Waals surface area contributed by atoms with Crippen molar-refractivity contribution in [2.24, 2.45) is 4.99 Å². The van der Waals surface area contributed by atoms with E-state index in [0.717, 1.165) is 6.42 Å². The Balaban J connectivity index is -0.0000000976. The number of oxazole rings is 1. The first kappa shape index (κ1) is 52.6. The standard InChI is InChI=1S/2C4H5N.C4H4O.3C3H4N2.C3H3NO.C2H2N2O.6CH4/c3*1-2-4-5-3-1;2*1-2-5-3-4-1;1-2-4-5-3-1;1-2-5-3-4-1;1-3-2-5-4-1;;;;;;/h1,3-4H,2H2;1-5H;1-4H;3*1-3H,(H,4,5);1-3H;1-2H;6*1H4. The van der Waals surface area contributed by atoms with Crippen molar-refractivity contribution in [3.05, 3.63) is 149 Å². The van der Waals surface area contributed by atoms with Gasteiger partial charge in [-0.05, 0) is 30.3 Å². The fourth-order valence-corrected chi connectivity index (χ4v) is 1.77. The molecule has 0 aliphatic carbocycles. The Bertz CT molecular complexity index is 864. The average Bonchev–Trinajstić information content (AvgIpc) is 3.95. The molecule has 0 atom stereocenters. The molecule has 0 bridgehead atoms. The molecule has 46 heavy (non-hydrogen) atoms. The summed E-state index contributed by atoms with van der Waals surface area (Å²) in [7, 11) is 0. The first-order valence-electron chi connectivity index (χ1n) is 11.5. The van der Waals surface area contributed by atoms with Gasteiger partial charge < -0.3 is 28.3 Å². The molecule has 8 rings (SSSR count). The Morgan fingerprint density at radius 3 is 1.37 bits per heavy atom. The third kappa shape index (κ3) is 45.0. The predicted molar refractivity (Wildman–Crippen MR) is 189 cm³/mol. The van der Waals surface area contributed by atoms with Crippen LogP contribution in [0.25, 0.3) is 0 Å². The molecule has 0 fully saturated rings. The van der Waals surface area contributed by atoms with Crippen LogP contribution in [0.4, 0.5) is 0 Å². The largest absolute Gasteiger partial charge is 0.473 e. The molecule has 256 valence electrons. The molecule has 1 aliphatic rings. The molecule has 8 heterocycles. The van der Waals surface area contributed by atoms with Gasteiger partial charge in [-0.1, -0.05) is 55.8 Å². The van der Waals surface area contributed by atoms with Crippen molar-refractivity contribution in [3.8, 4) is 0 Å². The van der Waals surface area contributed by atoms with E-state index in [-0.39, 0.29) is 44.6 Å². The summed E-state index contributed by atoms with van der Waals surface area (Å²) >= 11 is 0. The van der Waals surface area contributed by atoms with Crippen LogP contribution in [0.1, 0.15) is 51.0 Å². The lowest BCUT2D eigenvalue weighted by atomic mass is 10.5. The number of rotatable bonds is 0. The molecular formula is C32H55N11O3. The van der Waals surface area contributed by atoms with E-state index in [9.17, 15) is 0 Å². The number of hydrogen-bond acceptors (Lipinski definition) is 10. The van der Waals surface area contributed by atoms with Crippen LogP contribution < -0.4 is 0 Å². The molecule has 0 unspecified atom stereocenters. The van der Waals surface area contributed by atoms with Crippen molar-refractivity contribution in [1.82, 2.24) is 50.2 Å². The van der Waals surface area contributed by atoms with Crippen LogP contribution in [0.2, 0.25) is 0 Å². The van der Waals surface area contributed by atoms with Crippen molar-refractivity contribution in [1.29, 1.82) is 0 Å². The highest BCUT2D eigenvalue weighted by molar-refractivity contribution is 5.62. The number of furan rings is 1. The molecule has 4 N–H and O–H groups in total. The Morgan fingerprint density at radius 2 is 1.22 bits per heavy atom. The molecule has 14 nitrogen and oxygen atoms in total. The van der Waals surface area contributed by atoms with Crippen molar-refractivity contribution < 1.29 is 13.4 Å². The summed E-state index contributed by atoms with van der Waals surface area (Å²) in [5, 5.41) is 9.44. The summed E-state index contributed by atoms with van der Waals surface area (Å²) in [6, 6.07) is 9.39. The van der Waals surface area contributed by atoms with Gasteiger partial charge in [0.05, 0.1) is 31.4 Å². The zero-order chi connectivity index (χ0) is 28.3. The Hall–Kier alpha value is -6.05. The van der Waals surface area contributed by atoms with Gasteiger partial charge in [0.25, 0.3) is 0 Å². The number of hydrogen-bond donors (Lipinski definition) is 4. The fraction of sp³-hybridized carbons (Fsp3) is 0.219. The Kier molecular flexibility index (Phi) is 55.6. The number of H-pyrrole nitrogens is 4. The lowest BCUT2D eigenvalue weighted by Crippen LogP contribution is -1.53. The van der Waals surface area contributed by atoms with E-state index in [1.165, 1.54) is 25.4 Å². The Morgan fingerprint density at radius 1 is 0.543 bits per heavy atom. The number of aliphatic imine (C=N–C) groups is 1. The number of allylic oxidation sites excluding steroid dienone is 1. The van der Waals surface area contributed by atoms with Gasteiger partial charge in [-0.25, -0.2) is 19.9 Å². The van der Waals surface area contributed by atoms with Gasteiger partial charge in [0, 0.05) is 68.4 Å². The van der Waals surface area contributed by atoms with Gasteiger partial charge in [-0.3, -0.25) is 10.1 Å². The van der Waals surface area contributed by atoms with E-state index in [0.29, 0.717) is 0 Å². The van der Waals surface area contributed by atoms with E-state index in [2.05, 4.69) is 68.6 Å². The van der Waals surface area contributed by atoms with Gasteiger partial charge in [-0.15, -0.1) is 0 Å². The second kappa shape index (κ2) is 48.7. The first-order chi connectivity index (χ1) is 20.0. The minimum atomic E-state index is 0. The van der Waals surface area contributed by atoms with Crippen LogP contribution in [0.5, 0.6) is 0 Å². The third-order valence-corrected chi connectivity index (χ3v) is 3.31. The molecule has 0 amide bonds. The summed E-state index contributed by atoms with van der Waals surface area (Å²) in [5.74, 6) is 0. The number of imidazole rings is 2. The highest BCUT2D eigenvalue weighted by atomic mass is 16.5. The summed E-state index contributed by atoms with van der Waals surface area (Å²) < 4.78 is 13.3. The van der Waals surface area contributed by atoms with Crippen LogP contribution in [-0.2, 0) is 0 Å². The molecule has 0 radical (unpaired) electrons. The van der Waals surface area contributed by atoms with E-state index < -0.39 is 0 Å². The van der Waals surface area contributed by atoms with Gasteiger partial charge in [0.2, 0.25) is 6.39 Å². The van der Waals surface area contributed by atoms with Crippen LogP contribution in [0.15, 0.2) is 167 Å². The second-order valence-corrected chi connectivity index (χ2v) is 6.17. The molecular weight excluding hydrogens is 586 g/mol. The summed E-state index contributed by atoms with van der Waals surface area (Å²) in [6.07, 6.45) is 34.4. The van der Waals surface area contributed by atoms with Crippen LogP contribution in [0, 0.1) is 0 Å². The third-order valence-electron chi connectivity index (χ3n) is 3.31. The topological polar surface area (TPSA) is 192 Å². The van der Waals surface area contributed by atoms with E-state index in [1.54, 1.807) is 74.8 Å². The summed E-state index contributed by atoms with van der Waals surface area (Å²) in [5.41, 5.74) is 0. The SMILES string of the molecule is C.C.C.C.C.C.C1=CN=CC1.c1c[nH]cn1.c1c[nH]cn1.c1cc[nH]c1.c1ccoc1.c1cn[nH]c1.c1cocn1.c1ncon1. The van der Waals surface area contributed by atoms with Gasteiger partial charge in [0.1, 0.15) is 6.26 Å². The fourth-order valence-electron chi connectivity index (χ4n) is 1.77. The monoisotopic (exact) mass is 641 g/mol. The molecule has 1 aliphatic heterocycles. The van der Waals surface area contributed by atoms with Crippen LogP contribution in [0.3, 0.4) is 0 Å². The zero-order valence-corrected chi connectivity index (χ0v) is 21.5. The molecule has 7 aromatic rings. The lowest BCUT2D eigenvalue weighted by Gasteiger charge is -1.54. The lowest BCUT2D eigenvalue weighted by molar-refractivity contribution is 0.416. The Labute approximate surface area is 274 Å². The highest BCUT2D eigenvalue weighted by Gasteiger charge is 1.73. The maximum Gasteiger partial charge on any atom is 0.213 e. The van der Waals surface area contributed by atoms with Crippen molar-refractivity contribution >= 4 is 6.21 Å². The molecule has 0 saturated heterocycles. The molecule has 0 spiro atoms. The van der Waals surface area contributed by atoms with Crippen molar-refractivity contribution in [2.75, 3.05) is 0 Å². The quantitative estimate of drug-likeness (QED) is 0.125. The first-order valence-corrected chi connectivity index (χ1v) is 11.5. The normalized spacial score (nSPS) is 8.00. The number of nitrogens with one attached hydrogen (secondary N) is 4. The van der Waals surface area contributed by atoms with Crippen molar-refractivity contribution in [3.63, 3.8) is 0 Å². The van der Waals surface area contributed by atoms with Crippen molar-refractivity contribution in [2.45, 2.75) is 51.0 Å². The van der Waals surface area contributed by atoms with Crippen LogP contribution >= 0.6 is 0 Å². The minimum absolute atomic E-state index is 0. The maximum absolute atomic E-state index is 4.58. The smallest absolute Gasteiger partial charge is 0.213 e. The number of nitrogens with zero attached hydrogens (tertiary/aromatic N) is 7. The molecule has 7 aromatic heterocycles. The summed E-state index contributed by atoms with van der Waals surface area (Å²) in [6.45, 7) is 0. The van der Waals surface area contributed by atoms with Gasteiger partial charge >= 0.3 is 0 Å². The van der Waals surface area contributed by atoms with Gasteiger partial charge in [-0.2, -0.15) is 5.10 Å². The second-order valence-electron chi connectivity index (χ2n) is 6.17. The highest BCUT2D eigenvalue weighted by Crippen LogP contribution is 1.86.